The van der Waals surface area contributed by atoms with Gasteiger partial charge in [-0.3, -0.25) is 0 Å². The smallest absolute Gasteiger partial charge is 0.0184 e. The van der Waals surface area contributed by atoms with Crippen molar-refractivity contribution in [1.29, 1.82) is 0 Å². The molecule has 0 spiro atoms. The molecule has 0 heterocycles. The maximum Gasteiger partial charge on any atom is -0.0184 e. The van der Waals surface area contributed by atoms with Gasteiger partial charge in [0.05, 0.1) is 0 Å². The second-order valence-corrected chi connectivity index (χ2v) is 5.22. The molecular formula is C17H24. The summed E-state index contributed by atoms with van der Waals surface area (Å²) in [6, 6.07) is 7.12. The minimum atomic E-state index is 0.767. The summed E-state index contributed by atoms with van der Waals surface area (Å²) in [5.41, 5.74) is 6.15. The second-order valence-electron chi connectivity index (χ2n) is 5.22. The number of benzene rings is 1. The summed E-state index contributed by atoms with van der Waals surface area (Å²) < 4.78 is 0. The molecule has 1 atom stereocenters. The maximum atomic E-state index is 2.43. The van der Waals surface area contributed by atoms with Crippen LogP contribution in [0.5, 0.6) is 0 Å². The largest absolute Gasteiger partial charge is 0.0807 e. The fourth-order valence-corrected chi connectivity index (χ4v) is 2.82. The molecule has 0 N–H and O–H groups in total. The van der Waals surface area contributed by atoms with Crippen LogP contribution in [-0.4, -0.2) is 0 Å². The third kappa shape index (κ3) is 2.62. The van der Waals surface area contributed by atoms with E-state index in [2.05, 4.69) is 45.0 Å². The predicted octanol–water partition coefficient (Wildman–Crippen LogP) is 5.33. The van der Waals surface area contributed by atoms with E-state index in [0.29, 0.717) is 0 Å². The molecule has 2 rings (SSSR count). The average molecular weight is 228 g/mol. The van der Waals surface area contributed by atoms with Gasteiger partial charge in [-0.05, 0) is 53.9 Å². The van der Waals surface area contributed by atoms with Crippen LogP contribution in [0.4, 0.5) is 0 Å². The van der Waals surface area contributed by atoms with Gasteiger partial charge in [0.15, 0.2) is 0 Å². The molecule has 1 unspecified atom stereocenters. The number of fused-ring (bicyclic) bond motifs is 1. The predicted molar refractivity (Wildman–Crippen MR) is 76.4 cm³/mol. The van der Waals surface area contributed by atoms with Crippen molar-refractivity contribution >= 4 is 5.57 Å². The standard InChI is InChI=1S/C17H24/c1-4-6-7-14(5-2)15-10-11-17-13(3)8-9-16(17)12-15/h7,10-13H,4-6,8-9H2,1-3H3/b14-7+. The Hall–Kier alpha value is -1.04. The molecule has 92 valence electrons. The molecule has 0 saturated carbocycles. The minimum Gasteiger partial charge on any atom is -0.0807 e. The lowest BCUT2D eigenvalue weighted by atomic mass is 9.96. The molecule has 1 aromatic rings. The molecule has 0 bridgehead atoms. The maximum absolute atomic E-state index is 2.43. The minimum absolute atomic E-state index is 0.767. The van der Waals surface area contributed by atoms with Crippen molar-refractivity contribution < 1.29 is 0 Å². The van der Waals surface area contributed by atoms with E-state index in [4.69, 9.17) is 0 Å². The highest BCUT2D eigenvalue weighted by atomic mass is 14.2. The third-order valence-corrected chi connectivity index (χ3v) is 3.95. The normalized spacial score (nSPS) is 19.5. The Labute approximate surface area is 106 Å². The number of rotatable bonds is 4. The highest BCUT2D eigenvalue weighted by Crippen LogP contribution is 2.34. The quantitative estimate of drug-likeness (QED) is 0.653. The van der Waals surface area contributed by atoms with Gasteiger partial charge in [-0.1, -0.05) is 51.5 Å². The third-order valence-electron chi connectivity index (χ3n) is 3.95. The molecule has 1 aliphatic rings. The lowest BCUT2D eigenvalue weighted by Crippen LogP contribution is -1.90. The van der Waals surface area contributed by atoms with Crippen molar-refractivity contribution in [3.05, 3.63) is 41.0 Å². The first kappa shape index (κ1) is 12.4. The number of aryl methyl sites for hydroxylation is 1. The van der Waals surface area contributed by atoms with Crippen LogP contribution in [0.3, 0.4) is 0 Å². The van der Waals surface area contributed by atoms with Gasteiger partial charge in [-0.15, -0.1) is 0 Å². The molecule has 1 aromatic carbocycles. The van der Waals surface area contributed by atoms with Gasteiger partial charge in [0.1, 0.15) is 0 Å². The molecule has 0 amide bonds. The van der Waals surface area contributed by atoms with E-state index in [-0.39, 0.29) is 0 Å². The molecule has 0 aromatic heterocycles. The first-order chi connectivity index (χ1) is 8.26. The number of unbranched alkanes of at least 4 members (excludes halogenated alkanes) is 1. The van der Waals surface area contributed by atoms with Crippen LogP contribution in [0.1, 0.15) is 69.1 Å². The Morgan fingerprint density at radius 2 is 2.18 bits per heavy atom. The van der Waals surface area contributed by atoms with E-state index in [9.17, 15) is 0 Å². The van der Waals surface area contributed by atoms with Gasteiger partial charge in [0.2, 0.25) is 0 Å². The van der Waals surface area contributed by atoms with Gasteiger partial charge in [-0.25, -0.2) is 0 Å². The van der Waals surface area contributed by atoms with Crippen molar-refractivity contribution in [2.24, 2.45) is 0 Å². The van der Waals surface area contributed by atoms with Crippen molar-refractivity contribution in [2.75, 3.05) is 0 Å². The van der Waals surface area contributed by atoms with Crippen LogP contribution in [-0.2, 0) is 6.42 Å². The fraction of sp³-hybridized carbons (Fsp3) is 0.529. The van der Waals surface area contributed by atoms with Gasteiger partial charge < -0.3 is 0 Å². The van der Waals surface area contributed by atoms with Gasteiger partial charge >= 0.3 is 0 Å². The second kappa shape index (κ2) is 5.53. The van der Waals surface area contributed by atoms with Gasteiger partial charge in [0.25, 0.3) is 0 Å². The zero-order valence-corrected chi connectivity index (χ0v) is 11.4. The Bertz CT molecular complexity index is 412. The summed E-state index contributed by atoms with van der Waals surface area (Å²) in [5.74, 6) is 0.767. The average Bonchev–Trinajstić information content (AvgIpc) is 2.72. The molecule has 1 aliphatic carbocycles. The van der Waals surface area contributed by atoms with Crippen LogP contribution in [0, 0.1) is 0 Å². The first-order valence-corrected chi connectivity index (χ1v) is 7.08. The Balaban J connectivity index is 2.28. The highest BCUT2D eigenvalue weighted by Gasteiger charge is 2.18. The van der Waals surface area contributed by atoms with Crippen molar-refractivity contribution in [3.63, 3.8) is 0 Å². The summed E-state index contributed by atoms with van der Waals surface area (Å²) in [4.78, 5) is 0. The van der Waals surface area contributed by atoms with Crippen molar-refractivity contribution in [3.8, 4) is 0 Å². The number of hydrogen-bond acceptors (Lipinski definition) is 0. The Kier molecular flexibility index (Phi) is 4.04. The molecular weight excluding hydrogens is 204 g/mol. The van der Waals surface area contributed by atoms with Gasteiger partial charge in [-0.2, -0.15) is 0 Å². The van der Waals surface area contributed by atoms with Gasteiger partial charge in [0, 0.05) is 0 Å². The monoisotopic (exact) mass is 228 g/mol. The van der Waals surface area contributed by atoms with Crippen LogP contribution < -0.4 is 0 Å². The van der Waals surface area contributed by atoms with Crippen LogP contribution in [0.15, 0.2) is 24.3 Å². The molecule has 17 heavy (non-hydrogen) atoms. The molecule has 0 nitrogen and oxygen atoms in total. The SMILES string of the molecule is CCC/C=C(\CC)c1ccc2c(c1)CCC2C. The van der Waals surface area contributed by atoms with E-state index >= 15 is 0 Å². The van der Waals surface area contributed by atoms with Crippen molar-refractivity contribution in [1.82, 2.24) is 0 Å². The molecule has 0 aliphatic heterocycles. The topological polar surface area (TPSA) is 0 Å². The fourth-order valence-electron chi connectivity index (χ4n) is 2.82. The zero-order valence-electron chi connectivity index (χ0n) is 11.4. The summed E-state index contributed by atoms with van der Waals surface area (Å²) >= 11 is 0. The van der Waals surface area contributed by atoms with Crippen molar-refractivity contribution in [2.45, 2.75) is 58.8 Å². The molecule has 0 radical (unpaired) electrons. The van der Waals surface area contributed by atoms with Crippen LogP contribution in [0.2, 0.25) is 0 Å². The number of hydrogen-bond donors (Lipinski definition) is 0. The molecule has 0 heteroatoms. The van der Waals surface area contributed by atoms with E-state index in [0.717, 1.165) is 12.3 Å². The summed E-state index contributed by atoms with van der Waals surface area (Å²) in [6.45, 7) is 6.85. The lowest BCUT2D eigenvalue weighted by Gasteiger charge is -2.09. The summed E-state index contributed by atoms with van der Waals surface area (Å²) in [7, 11) is 0. The van der Waals surface area contributed by atoms with E-state index < -0.39 is 0 Å². The Morgan fingerprint density at radius 1 is 1.35 bits per heavy atom. The number of allylic oxidation sites excluding steroid dienone is 2. The Morgan fingerprint density at radius 3 is 2.88 bits per heavy atom. The zero-order chi connectivity index (χ0) is 12.3. The van der Waals surface area contributed by atoms with E-state index in [1.54, 1.807) is 11.1 Å². The molecule has 0 saturated heterocycles. The van der Waals surface area contributed by atoms with E-state index in [1.807, 2.05) is 0 Å². The highest BCUT2D eigenvalue weighted by molar-refractivity contribution is 5.66. The molecule has 0 fully saturated rings. The summed E-state index contributed by atoms with van der Waals surface area (Å²) in [5, 5.41) is 0. The first-order valence-electron chi connectivity index (χ1n) is 7.08. The lowest BCUT2D eigenvalue weighted by molar-refractivity contribution is 0.747. The van der Waals surface area contributed by atoms with E-state index in [1.165, 1.54) is 36.8 Å². The van der Waals surface area contributed by atoms with Crippen LogP contribution >= 0.6 is 0 Å². The summed E-state index contributed by atoms with van der Waals surface area (Å²) in [6.07, 6.45) is 8.62. The van der Waals surface area contributed by atoms with Crippen LogP contribution in [0.25, 0.3) is 5.57 Å².